The second kappa shape index (κ2) is 8.66. The van der Waals surface area contributed by atoms with Gasteiger partial charge in [-0.1, -0.05) is 12.1 Å². The van der Waals surface area contributed by atoms with Gasteiger partial charge in [-0.15, -0.1) is 0 Å². The summed E-state index contributed by atoms with van der Waals surface area (Å²) in [5.74, 6) is -1.15. The highest BCUT2D eigenvalue weighted by Gasteiger charge is 2.33. The molecule has 4 nitrogen and oxygen atoms in total. The van der Waals surface area contributed by atoms with Crippen molar-refractivity contribution in [2.45, 2.75) is 31.5 Å². The fraction of sp³-hybridized carbons (Fsp3) is 0.318. The SMILES string of the molecule is Fc1cccc(-n2cc(C3CCOCC3)nc2NCc2ccc(C(F)(F)F)c(F)c2)c1. The van der Waals surface area contributed by atoms with Crippen LogP contribution in [0, 0.1) is 11.6 Å². The van der Waals surface area contributed by atoms with E-state index in [-0.39, 0.29) is 12.5 Å². The molecule has 3 aromatic rings. The number of nitrogens with one attached hydrogen (secondary N) is 1. The van der Waals surface area contributed by atoms with Crippen LogP contribution in [0.25, 0.3) is 5.69 Å². The third kappa shape index (κ3) is 4.87. The molecule has 0 radical (unpaired) electrons. The van der Waals surface area contributed by atoms with Crippen molar-refractivity contribution in [1.82, 2.24) is 9.55 Å². The van der Waals surface area contributed by atoms with Crippen LogP contribution >= 0.6 is 0 Å². The molecular weight excluding hydrogens is 417 g/mol. The van der Waals surface area contributed by atoms with Gasteiger partial charge in [-0.25, -0.2) is 13.8 Å². The summed E-state index contributed by atoms with van der Waals surface area (Å²) in [5.41, 5.74) is 0.381. The summed E-state index contributed by atoms with van der Waals surface area (Å²) in [6.07, 6.45) is -1.31. The number of anilines is 1. The van der Waals surface area contributed by atoms with E-state index in [0.29, 0.717) is 30.4 Å². The Hall–Kier alpha value is -2.94. The van der Waals surface area contributed by atoms with Crippen molar-refractivity contribution in [2.24, 2.45) is 0 Å². The maximum atomic E-state index is 13.9. The van der Waals surface area contributed by atoms with Gasteiger partial charge < -0.3 is 10.1 Å². The molecule has 2 heterocycles. The Kier molecular flexibility index (Phi) is 5.95. The number of halogens is 5. The van der Waals surface area contributed by atoms with Crippen molar-refractivity contribution >= 4 is 5.95 Å². The Morgan fingerprint density at radius 2 is 1.84 bits per heavy atom. The van der Waals surface area contributed by atoms with E-state index < -0.39 is 23.4 Å². The molecule has 0 bridgehead atoms. The minimum absolute atomic E-state index is 0.0502. The molecule has 0 aliphatic carbocycles. The van der Waals surface area contributed by atoms with E-state index in [9.17, 15) is 22.0 Å². The van der Waals surface area contributed by atoms with Gasteiger partial charge in [0.25, 0.3) is 0 Å². The first kappa shape index (κ1) is 21.3. The highest BCUT2D eigenvalue weighted by atomic mass is 19.4. The van der Waals surface area contributed by atoms with Crippen molar-refractivity contribution in [1.29, 1.82) is 0 Å². The summed E-state index contributed by atoms with van der Waals surface area (Å²) in [4.78, 5) is 4.63. The quantitative estimate of drug-likeness (QED) is 0.523. The molecule has 2 aromatic carbocycles. The Morgan fingerprint density at radius 3 is 2.52 bits per heavy atom. The number of hydrogen-bond acceptors (Lipinski definition) is 3. The van der Waals surface area contributed by atoms with E-state index in [2.05, 4.69) is 10.3 Å². The Balaban J connectivity index is 1.60. The van der Waals surface area contributed by atoms with Crippen LogP contribution in [0.1, 0.15) is 35.6 Å². The monoisotopic (exact) mass is 437 g/mol. The normalized spacial score (nSPS) is 15.3. The third-order valence-corrected chi connectivity index (χ3v) is 5.24. The molecule has 9 heteroatoms. The molecule has 1 saturated heterocycles. The molecular formula is C22H20F5N3O. The average molecular weight is 437 g/mol. The summed E-state index contributed by atoms with van der Waals surface area (Å²) in [5, 5.41) is 3.04. The van der Waals surface area contributed by atoms with E-state index in [1.54, 1.807) is 16.7 Å². The van der Waals surface area contributed by atoms with Crippen LogP contribution in [0.4, 0.5) is 27.9 Å². The summed E-state index contributed by atoms with van der Waals surface area (Å²) in [6.45, 7) is 1.31. The van der Waals surface area contributed by atoms with Crippen LogP contribution in [0.3, 0.4) is 0 Å². The molecule has 0 saturated carbocycles. The molecule has 1 aliphatic heterocycles. The van der Waals surface area contributed by atoms with E-state index in [4.69, 9.17) is 4.74 Å². The van der Waals surface area contributed by atoms with E-state index >= 15 is 0 Å². The molecule has 4 rings (SSSR count). The molecule has 1 aromatic heterocycles. The molecule has 164 valence electrons. The van der Waals surface area contributed by atoms with Crippen molar-refractivity contribution in [3.05, 3.63) is 77.1 Å². The zero-order chi connectivity index (χ0) is 22.0. The number of ether oxygens (including phenoxy) is 1. The highest BCUT2D eigenvalue weighted by molar-refractivity contribution is 5.44. The highest BCUT2D eigenvalue weighted by Crippen LogP contribution is 2.32. The van der Waals surface area contributed by atoms with Crippen molar-refractivity contribution < 1.29 is 26.7 Å². The summed E-state index contributed by atoms with van der Waals surface area (Å²) in [6, 6.07) is 8.78. The number of benzene rings is 2. The molecule has 0 amide bonds. The van der Waals surface area contributed by atoms with Crippen LogP contribution in [-0.4, -0.2) is 22.8 Å². The standard InChI is InChI=1S/C22H20F5N3O/c23-16-2-1-3-17(11-16)30-13-20(15-6-8-31-9-7-15)29-21(30)28-12-14-4-5-18(19(24)10-14)22(25,26)27/h1-5,10-11,13,15H,6-9,12H2,(H,28,29). The third-order valence-electron chi connectivity index (χ3n) is 5.24. The van der Waals surface area contributed by atoms with Gasteiger partial charge in [-0.3, -0.25) is 4.57 Å². The summed E-state index contributed by atoms with van der Waals surface area (Å²) >= 11 is 0. The fourth-order valence-electron chi connectivity index (χ4n) is 3.62. The van der Waals surface area contributed by atoms with E-state index in [0.717, 1.165) is 30.7 Å². The maximum absolute atomic E-state index is 13.9. The predicted octanol–water partition coefficient (Wildman–Crippen LogP) is 5.68. The van der Waals surface area contributed by atoms with Crippen molar-refractivity contribution in [3.8, 4) is 5.69 Å². The zero-order valence-corrected chi connectivity index (χ0v) is 16.4. The first-order chi connectivity index (χ1) is 14.8. The van der Waals surface area contributed by atoms with Crippen LogP contribution in [-0.2, 0) is 17.5 Å². The average Bonchev–Trinajstić information content (AvgIpc) is 3.16. The first-order valence-corrected chi connectivity index (χ1v) is 9.84. The topological polar surface area (TPSA) is 39.1 Å². The fourth-order valence-corrected chi connectivity index (χ4v) is 3.62. The minimum atomic E-state index is -4.75. The number of aromatic nitrogens is 2. The second-order valence-corrected chi connectivity index (χ2v) is 7.39. The summed E-state index contributed by atoms with van der Waals surface area (Å²) < 4.78 is 73.1. The number of nitrogens with zero attached hydrogens (tertiary/aromatic N) is 2. The van der Waals surface area contributed by atoms with Crippen molar-refractivity contribution in [3.63, 3.8) is 0 Å². The molecule has 0 atom stereocenters. The lowest BCUT2D eigenvalue weighted by Gasteiger charge is -2.19. The molecule has 0 unspecified atom stereocenters. The van der Waals surface area contributed by atoms with Crippen LogP contribution in [0.15, 0.2) is 48.7 Å². The lowest BCUT2D eigenvalue weighted by atomic mass is 9.97. The second-order valence-electron chi connectivity index (χ2n) is 7.39. The van der Waals surface area contributed by atoms with E-state index in [1.807, 2.05) is 6.20 Å². The Labute approximate surface area is 175 Å². The number of alkyl halides is 3. The number of rotatable bonds is 5. The molecule has 1 aliphatic rings. The maximum Gasteiger partial charge on any atom is 0.419 e. The summed E-state index contributed by atoms with van der Waals surface area (Å²) in [7, 11) is 0. The van der Waals surface area contributed by atoms with E-state index in [1.165, 1.54) is 18.2 Å². The largest absolute Gasteiger partial charge is 0.419 e. The predicted molar refractivity (Wildman–Crippen MR) is 105 cm³/mol. The Morgan fingerprint density at radius 1 is 1.06 bits per heavy atom. The first-order valence-electron chi connectivity index (χ1n) is 9.84. The van der Waals surface area contributed by atoms with Crippen molar-refractivity contribution in [2.75, 3.05) is 18.5 Å². The lowest BCUT2D eigenvalue weighted by Crippen LogP contribution is -2.14. The van der Waals surface area contributed by atoms with Gasteiger partial charge in [0, 0.05) is 31.9 Å². The van der Waals surface area contributed by atoms with Crippen LogP contribution in [0.5, 0.6) is 0 Å². The van der Waals surface area contributed by atoms with Gasteiger partial charge in [0.2, 0.25) is 5.95 Å². The van der Waals surface area contributed by atoms with Gasteiger partial charge >= 0.3 is 6.18 Å². The van der Waals surface area contributed by atoms with Gasteiger partial charge in [-0.2, -0.15) is 13.2 Å². The minimum Gasteiger partial charge on any atom is -0.381 e. The lowest BCUT2D eigenvalue weighted by molar-refractivity contribution is -0.140. The number of imidazole rings is 1. The Bertz CT molecular complexity index is 1060. The van der Waals surface area contributed by atoms with Gasteiger partial charge in [0.1, 0.15) is 11.6 Å². The smallest absolute Gasteiger partial charge is 0.381 e. The van der Waals surface area contributed by atoms with Crippen LogP contribution < -0.4 is 5.32 Å². The molecule has 0 spiro atoms. The van der Waals surface area contributed by atoms with Crippen LogP contribution in [0.2, 0.25) is 0 Å². The molecule has 1 N–H and O–H groups in total. The molecule has 31 heavy (non-hydrogen) atoms. The zero-order valence-electron chi connectivity index (χ0n) is 16.4. The number of hydrogen-bond donors (Lipinski definition) is 1. The molecule has 1 fully saturated rings. The van der Waals surface area contributed by atoms with Gasteiger partial charge in [0.05, 0.1) is 16.9 Å². The van der Waals surface area contributed by atoms with Gasteiger partial charge in [-0.05, 0) is 48.7 Å². The van der Waals surface area contributed by atoms with Gasteiger partial charge in [0.15, 0.2) is 0 Å².